The first-order valence-electron chi connectivity index (χ1n) is 5.46. The molecule has 0 radical (unpaired) electrons. The molecule has 0 unspecified atom stereocenters. The summed E-state index contributed by atoms with van der Waals surface area (Å²) in [7, 11) is 1.93. The van der Waals surface area contributed by atoms with E-state index >= 15 is 0 Å². The molecule has 0 bridgehead atoms. The van der Waals surface area contributed by atoms with Crippen molar-refractivity contribution in [1.82, 2.24) is 9.55 Å². The topological polar surface area (TPSA) is 44.1 Å². The van der Waals surface area contributed by atoms with E-state index in [1.807, 2.05) is 23.7 Å². The highest BCUT2D eigenvalue weighted by Crippen LogP contribution is 2.18. The smallest absolute Gasteiger partial charge is 0.338 e. The van der Waals surface area contributed by atoms with Crippen LogP contribution < -0.4 is 0 Å². The maximum atomic E-state index is 11.5. The Balaban J connectivity index is 2.25. The normalized spacial score (nSPS) is 10.2. The zero-order chi connectivity index (χ0) is 12.3. The van der Waals surface area contributed by atoms with E-state index in [1.165, 1.54) is 0 Å². The van der Waals surface area contributed by atoms with E-state index in [2.05, 4.69) is 4.98 Å². The minimum absolute atomic E-state index is 0.288. The third-order valence-electron chi connectivity index (χ3n) is 2.51. The lowest BCUT2D eigenvalue weighted by atomic mass is 10.1. The number of benzene rings is 1. The van der Waals surface area contributed by atoms with Crippen LogP contribution in [0, 0.1) is 0 Å². The predicted octanol–water partition coefficient (Wildman–Crippen LogP) is 2.26. The molecule has 17 heavy (non-hydrogen) atoms. The number of imidazole rings is 1. The highest BCUT2D eigenvalue weighted by atomic mass is 16.5. The Labute approximate surface area is 99.9 Å². The molecule has 0 saturated heterocycles. The lowest BCUT2D eigenvalue weighted by molar-refractivity contribution is 0.0526. The number of nitrogens with zero attached hydrogens (tertiary/aromatic N) is 2. The van der Waals surface area contributed by atoms with Crippen LogP contribution >= 0.6 is 0 Å². The summed E-state index contributed by atoms with van der Waals surface area (Å²) in [5.74, 6) is -0.288. The minimum atomic E-state index is -0.288. The average molecular weight is 230 g/mol. The molecule has 0 saturated carbocycles. The van der Waals surface area contributed by atoms with Crippen LogP contribution in [0.3, 0.4) is 0 Å². The highest BCUT2D eigenvalue weighted by molar-refractivity contribution is 5.89. The second-order valence-electron chi connectivity index (χ2n) is 3.69. The van der Waals surface area contributed by atoms with Crippen molar-refractivity contribution in [2.75, 3.05) is 6.61 Å². The number of hydrogen-bond acceptors (Lipinski definition) is 3. The Bertz CT molecular complexity index is 514. The van der Waals surface area contributed by atoms with E-state index in [0.29, 0.717) is 12.2 Å². The predicted molar refractivity (Wildman–Crippen MR) is 64.6 cm³/mol. The van der Waals surface area contributed by atoms with Crippen molar-refractivity contribution in [2.24, 2.45) is 7.05 Å². The van der Waals surface area contributed by atoms with E-state index in [0.717, 1.165) is 11.3 Å². The molecule has 0 aliphatic rings. The number of carbonyl (C=O) groups is 1. The van der Waals surface area contributed by atoms with Crippen LogP contribution in [0.25, 0.3) is 11.3 Å². The van der Waals surface area contributed by atoms with Crippen LogP contribution in [0.15, 0.2) is 36.8 Å². The van der Waals surface area contributed by atoms with Crippen LogP contribution in [0.4, 0.5) is 0 Å². The molecular weight excluding hydrogens is 216 g/mol. The summed E-state index contributed by atoms with van der Waals surface area (Å²) in [6.45, 7) is 2.18. The van der Waals surface area contributed by atoms with Gasteiger partial charge in [-0.3, -0.25) is 0 Å². The van der Waals surface area contributed by atoms with Gasteiger partial charge in [0.25, 0.3) is 0 Å². The van der Waals surface area contributed by atoms with Crippen LogP contribution in [0.2, 0.25) is 0 Å². The van der Waals surface area contributed by atoms with Gasteiger partial charge in [0.15, 0.2) is 0 Å². The zero-order valence-electron chi connectivity index (χ0n) is 9.88. The van der Waals surface area contributed by atoms with Crippen molar-refractivity contribution in [3.8, 4) is 11.3 Å². The summed E-state index contributed by atoms with van der Waals surface area (Å²) >= 11 is 0. The summed E-state index contributed by atoms with van der Waals surface area (Å²) in [6, 6.07) is 7.31. The van der Waals surface area contributed by atoms with E-state index in [1.54, 1.807) is 31.6 Å². The zero-order valence-corrected chi connectivity index (χ0v) is 9.88. The second kappa shape index (κ2) is 4.82. The SMILES string of the molecule is CCOC(=O)c1ccc(-c2cncn2C)cc1. The van der Waals surface area contributed by atoms with Gasteiger partial charge >= 0.3 is 5.97 Å². The van der Waals surface area contributed by atoms with Gasteiger partial charge < -0.3 is 9.30 Å². The summed E-state index contributed by atoms with van der Waals surface area (Å²) in [5, 5.41) is 0. The highest BCUT2D eigenvalue weighted by Gasteiger charge is 2.07. The van der Waals surface area contributed by atoms with Crippen molar-refractivity contribution in [3.05, 3.63) is 42.4 Å². The molecule has 1 aromatic heterocycles. The van der Waals surface area contributed by atoms with Crippen LogP contribution in [0.5, 0.6) is 0 Å². The van der Waals surface area contributed by atoms with Gasteiger partial charge in [-0.1, -0.05) is 12.1 Å². The van der Waals surface area contributed by atoms with Crippen LogP contribution in [-0.2, 0) is 11.8 Å². The van der Waals surface area contributed by atoms with Gasteiger partial charge in [-0.05, 0) is 24.6 Å². The maximum absolute atomic E-state index is 11.5. The molecule has 0 N–H and O–H groups in total. The summed E-state index contributed by atoms with van der Waals surface area (Å²) in [4.78, 5) is 15.5. The van der Waals surface area contributed by atoms with Gasteiger partial charge in [0.05, 0.1) is 30.4 Å². The molecule has 0 atom stereocenters. The molecule has 0 aliphatic carbocycles. The van der Waals surface area contributed by atoms with Crippen LogP contribution in [0.1, 0.15) is 17.3 Å². The molecule has 2 rings (SSSR count). The first-order valence-corrected chi connectivity index (χ1v) is 5.46. The Kier molecular flexibility index (Phi) is 3.23. The van der Waals surface area contributed by atoms with Gasteiger partial charge in [-0.2, -0.15) is 0 Å². The standard InChI is InChI=1S/C13H14N2O2/c1-3-17-13(16)11-6-4-10(5-7-11)12-8-14-9-15(12)2/h4-9H,3H2,1-2H3. The quantitative estimate of drug-likeness (QED) is 0.760. The first kappa shape index (κ1) is 11.4. The van der Waals surface area contributed by atoms with E-state index < -0.39 is 0 Å². The molecule has 4 nitrogen and oxygen atoms in total. The lowest BCUT2D eigenvalue weighted by Crippen LogP contribution is -2.04. The molecule has 88 valence electrons. The van der Waals surface area contributed by atoms with Gasteiger partial charge in [0, 0.05) is 7.05 Å². The van der Waals surface area contributed by atoms with Gasteiger partial charge in [0.1, 0.15) is 0 Å². The molecule has 2 aromatic rings. The monoisotopic (exact) mass is 230 g/mol. The molecule has 4 heteroatoms. The van der Waals surface area contributed by atoms with Crippen molar-refractivity contribution >= 4 is 5.97 Å². The van der Waals surface area contributed by atoms with Gasteiger partial charge in [-0.25, -0.2) is 9.78 Å². The summed E-state index contributed by atoms with van der Waals surface area (Å²) in [6.07, 6.45) is 3.54. The number of aryl methyl sites for hydroxylation is 1. The van der Waals surface area contributed by atoms with Crippen molar-refractivity contribution < 1.29 is 9.53 Å². The van der Waals surface area contributed by atoms with Crippen molar-refractivity contribution in [3.63, 3.8) is 0 Å². The van der Waals surface area contributed by atoms with Crippen molar-refractivity contribution in [1.29, 1.82) is 0 Å². The molecule has 0 amide bonds. The Hall–Kier alpha value is -2.10. The second-order valence-corrected chi connectivity index (χ2v) is 3.69. The van der Waals surface area contributed by atoms with Crippen molar-refractivity contribution in [2.45, 2.75) is 6.92 Å². The van der Waals surface area contributed by atoms with E-state index in [9.17, 15) is 4.79 Å². The molecule has 0 aliphatic heterocycles. The number of carbonyl (C=O) groups excluding carboxylic acids is 1. The minimum Gasteiger partial charge on any atom is -0.462 e. The number of hydrogen-bond donors (Lipinski definition) is 0. The molecule has 0 fully saturated rings. The molecule has 0 spiro atoms. The average Bonchev–Trinajstić information content (AvgIpc) is 2.76. The van der Waals surface area contributed by atoms with Gasteiger partial charge in [-0.15, -0.1) is 0 Å². The summed E-state index contributed by atoms with van der Waals surface area (Å²) < 4.78 is 6.86. The van der Waals surface area contributed by atoms with E-state index in [4.69, 9.17) is 4.74 Å². The third kappa shape index (κ3) is 2.36. The van der Waals surface area contributed by atoms with Crippen LogP contribution in [-0.4, -0.2) is 22.1 Å². The number of esters is 1. The third-order valence-corrected chi connectivity index (χ3v) is 2.51. The van der Waals surface area contributed by atoms with Gasteiger partial charge in [0.2, 0.25) is 0 Å². The number of aromatic nitrogens is 2. The fourth-order valence-corrected chi connectivity index (χ4v) is 1.63. The fourth-order valence-electron chi connectivity index (χ4n) is 1.63. The Morgan fingerprint density at radius 2 is 2.06 bits per heavy atom. The Morgan fingerprint density at radius 3 is 2.59 bits per heavy atom. The first-order chi connectivity index (χ1) is 8.22. The number of ether oxygens (including phenoxy) is 1. The summed E-state index contributed by atoms with van der Waals surface area (Å²) in [5.41, 5.74) is 2.61. The molecule has 1 heterocycles. The molecular formula is C13H14N2O2. The van der Waals surface area contributed by atoms with E-state index in [-0.39, 0.29) is 5.97 Å². The number of rotatable bonds is 3. The fraction of sp³-hybridized carbons (Fsp3) is 0.231. The Morgan fingerprint density at radius 1 is 1.35 bits per heavy atom. The molecule has 1 aromatic carbocycles. The maximum Gasteiger partial charge on any atom is 0.338 e. The lowest BCUT2D eigenvalue weighted by Gasteiger charge is -2.04. The largest absolute Gasteiger partial charge is 0.462 e.